The molecular formula is C13H13Cl2N5O3S. The summed E-state index contributed by atoms with van der Waals surface area (Å²) in [5.74, 6) is 2.65. The van der Waals surface area contributed by atoms with Gasteiger partial charge in [-0.1, -0.05) is 29.7 Å². The van der Waals surface area contributed by atoms with E-state index in [9.17, 15) is 10.2 Å². The highest BCUT2D eigenvalue weighted by atomic mass is 35.5. The van der Waals surface area contributed by atoms with Crippen molar-refractivity contribution in [3.05, 3.63) is 11.0 Å². The molecule has 128 valence electrons. The van der Waals surface area contributed by atoms with E-state index in [-0.39, 0.29) is 5.95 Å². The van der Waals surface area contributed by atoms with Gasteiger partial charge in [0.1, 0.15) is 21.9 Å². The first kappa shape index (κ1) is 17.4. The molecule has 2 unspecified atom stereocenters. The molecule has 3 rings (SSSR count). The molecule has 4 atom stereocenters. The fourth-order valence-electron chi connectivity index (χ4n) is 2.72. The number of anilines is 1. The molecule has 5 N–H and O–H groups in total. The molecule has 2 aromatic heterocycles. The second-order valence-electron chi connectivity index (χ2n) is 5.51. The van der Waals surface area contributed by atoms with Crippen molar-refractivity contribution in [3.63, 3.8) is 0 Å². The zero-order valence-corrected chi connectivity index (χ0v) is 14.7. The quantitative estimate of drug-likeness (QED) is 0.341. The molecule has 1 aliphatic rings. The van der Waals surface area contributed by atoms with Gasteiger partial charge in [0.25, 0.3) is 0 Å². The maximum Gasteiger partial charge on any atom is 0.200 e. The lowest BCUT2D eigenvalue weighted by atomic mass is 9.86. The number of hydrogen-bond donors (Lipinski definition) is 4. The number of alkyl halides is 1. The van der Waals surface area contributed by atoms with Crippen LogP contribution in [0.5, 0.6) is 0 Å². The molecule has 3 heterocycles. The maximum absolute atomic E-state index is 10.8. The third-order valence-corrected chi connectivity index (χ3v) is 5.15. The zero-order chi connectivity index (χ0) is 17.7. The van der Waals surface area contributed by atoms with Crippen molar-refractivity contribution in [2.75, 3.05) is 12.3 Å². The van der Waals surface area contributed by atoms with Crippen LogP contribution in [0.3, 0.4) is 0 Å². The molecule has 0 saturated carbocycles. The van der Waals surface area contributed by atoms with Gasteiger partial charge in [-0.2, -0.15) is 4.98 Å². The average molecular weight is 390 g/mol. The van der Waals surface area contributed by atoms with Crippen LogP contribution in [-0.2, 0) is 4.74 Å². The highest BCUT2D eigenvalue weighted by Crippen LogP contribution is 2.50. The summed E-state index contributed by atoms with van der Waals surface area (Å²) in [5, 5.41) is 22.5. The Balaban J connectivity index is 2.24. The number of aliphatic hydroxyl groups excluding tert-OH is 1. The van der Waals surface area contributed by atoms with E-state index in [1.54, 1.807) is 0 Å². The van der Waals surface area contributed by atoms with Gasteiger partial charge in [-0.25, -0.2) is 4.98 Å². The van der Waals surface area contributed by atoms with Gasteiger partial charge < -0.3 is 25.7 Å². The Morgan fingerprint density at radius 2 is 2.33 bits per heavy atom. The molecule has 0 aliphatic carbocycles. The number of rotatable bonds is 2. The van der Waals surface area contributed by atoms with E-state index < -0.39 is 29.4 Å². The smallest absolute Gasteiger partial charge is 0.200 e. The van der Waals surface area contributed by atoms with Crippen LogP contribution >= 0.6 is 35.4 Å². The van der Waals surface area contributed by atoms with E-state index in [1.165, 1.54) is 17.8 Å². The molecule has 1 fully saturated rings. The Morgan fingerprint density at radius 1 is 1.62 bits per heavy atom. The number of fused-ring (bicyclic) bond motifs is 1. The van der Waals surface area contributed by atoms with Gasteiger partial charge in [-0.05, 0) is 18.5 Å². The first-order valence-electron chi connectivity index (χ1n) is 6.79. The summed E-state index contributed by atoms with van der Waals surface area (Å²) >= 11 is 17.3. The predicted molar refractivity (Wildman–Crippen MR) is 91.0 cm³/mol. The standard InChI is InChI=1S/C13H13Cl2N5O3S/c1-12(22)6(4-21)23-10(13(12,15)2-3-14)20-5-17-7-8(20)18-11(16)19-9(7)24/h5-6,10,21-22H,4H2,1H3,(H3,16,18,19,24)/t6-,10-,12?,13?/m1/s1. The summed E-state index contributed by atoms with van der Waals surface area (Å²) in [6.07, 6.45) is -0.634. The van der Waals surface area contributed by atoms with Crippen molar-refractivity contribution >= 4 is 52.5 Å². The Morgan fingerprint density at radius 3 is 2.96 bits per heavy atom. The van der Waals surface area contributed by atoms with Gasteiger partial charge >= 0.3 is 0 Å². The third kappa shape index (κ3) is 2.30. The van der Waals surface area contributed by atoms with E-state index in [4.69, 9.17) is 45.9 Å². The van der Waals surface area contributed by atoms with Crippen LogP contribution in [0.15, 0.2) is 6.33 Å². The molecule has 1 aliphatic heterocycles. The molecule has 11 heteroatoms. The van der Waals surface area contributed by atoms with Gasteiger partial charge in [0.15, 0.2) is 16.7 Å². The van der Waals surface area contributed by atoms with Crippen LogP contribution in [0.2, 0.25) is 0 Å². The minimum absolute atomic E-state index is 0.0846. The number of nitrogens with two attached hydrogens (primary N) is 1. The number of halogens is 2. The number of H-pyrrole nitrogens is 1. The minimum atomic E-state index is -1.70. The van der Waals surface area contributed by atoms with Gasteiger partial charge in [0.05, 0.1) is 12.9 Å². The molecule has 0 aromatic carbocycles. The number of aromatic nitrogens is 4. The van der Waals surface area contributed by atoms with E-state index in [0.29, 0.717) is 15.8 Å². The molecule has 24 heavy (non-hydrogen) atoms. The summed E-state index contributed by atoms with van der Waals surface area (Å²) in [6, 6.07) is 0. The first-order valence-corrected chi connectivity index (χ1v) is 7.95. The van der Waals surface area contributed by atoms with Crippen molar-refractivity contribution < 1.29 is 14.9 Å². The lowest BCUT2D eigenvalue weighted by molar-refractivity contribution is -0.0741. The fourth-order valence-corrected chi connectivity index (χ4v) is 3.49. The summed E-state index contributed by atoms with van der Waals surface area (Å²) in [6.45, 7) is 0.944. The van der Waals surface area contributed by atoms with Crippen LogP contribution in [-0.4, -0.2) is 52.9 Å². The lowest BCUT2D eigenvalue weighted by Gasteiger charge is -2.33. The predicted octanol–water partition coefficient (Wildman–Crippen LogP) is 0.889. The molecular weight excluding hydrogens is 377 g/mol. The SMILES string of the molecule is CC1(O)[C@@H](CO)O[C@@H](n2cnc3c(=S)[nH]c(N)nc32)C1(Cl)C#CCl. The van der Waals surface area contributed by atoms with Crippen LogP contribution in [0.25, 0.3) is 11.2 Å². The second-order valence-corrected chi connectivity index (χ2v) is 6.71. The van der Waals surface area contributed by atoms with Gasteiger partial charge in [-0.3, -0.25) is 4.57 Å². The number of nitrogen functional groups attached to an aromatic ring is 1. The van der Waals surface area contributed by atoms with Crippen molar-refractivity contribution in [3.8, 4) is 11.3 Å². The molecule has 0 radical (unpaired) electrons. The molecule has 8 nitrogen and oxygen atoms in total. The lowest BCUT2D eigenvalue weighted by Crippen LogP contribution is -2.52. The largest absolute Gasteiger partial charge is 0.394 e. The van der Waals surface area contributed by atoms with E-state index in [0.717, 1.165) is 0 Å². The van der Waals surface area contributed by atoms with Crippen LogP contribution in [0, 0.1) is 15.9 Å². The van der Waals surface area contributed by atoms with E-state index >= 15 is 0 Å². The minimum Gasteiger partial charge on any atom is -0.394 e. The van der Waals surface area contributed by atoms with Crippen molar-refractivity contribution in [1.82, 2.24) is 19.5 Å². The van der Waals surface area contributed by atoms with Gasteiger partial charge in [0.2, 0.25) is 5.95 Å². The normalized spacial score (nSPS) is 32.7. The van der Waals surface area contributed by atoms with E-state index in [2.05, 4.69) is 26.3 Å². The van der Waals surface area contributed by atoms with Crippen LogP contribution in [0.1, 0.15) is 13.2 Å². The summed E-state index contributed by atoms with van der Waals surface area (Å²) in [4.78, 5) is 9.36. The molecule has 0 bridgehead atoms. The topological polar surface area (TPSA) is 122 Å². The number of aliphatic hydroxyl groups is 2. The van der Waals surface area contributed by atoms with Crippen molar-refractivity contribution in [2.24, 2.45) is 0 Å². The van der Waals surface area contributed by atoms with Crippen molar-refractivity contribution in [2.45, 2.75) is 29.7 Å². The van der Waals surface area contributed by atoms with Crippen LogP contribution < -0.4 is 5.73 Å². The Kier molecular flexibility index (Phi) is 4.24. The second kappa shape index (κ2) is 5.84. The third-order valence-electron chi connectivity index (χ3n) is 4.10. The highest BCUT2D eigenvalue weighted by Gasteiger charge is 2.63. The van der Waals surface area contributed by atoms with Gasteiger partial charge in [0, 0.05) is 5.38 Å². The Hall–Kier alpha value is -1.41. The number of hydrogen-bond acceptors (Lipinski definition) is 7. The number of nitrogens with one attached hydrogen (secondary N) is 1. The van der Waals surface area contributed by atoms with Crippen molar-refractivity contribution in [1.29, 1.82) is 0 Å². The molecule has 0 amide bonds. The average Bonchev–Trinajstić information content (AvgIpc) is 2.98. The number of imidazole rings is 1. The van der Waals surface area contributed by atoms with Gasteiger partial charge in [-0.15, -0.1) is 0 Å². The van der Waals surface area contributed by atoms with E-state index in [1.807, 2.05) is 0 Å². The fraction of sp³-hybridized carbons (Fsp3) is 0.462. The van der Waals surface area contributed by atoms with Crippen LogP contribution in [0.4, 0.5) is 5.95 Å². The maximum atomic E-state index is 10.8. The number of nitrogens with zero attached hydrogens (tertiary/aromatic N) is 3. The number of aromatic amines is 1. The number of ether oxygens (including phenoxy) is 1. The summed E-state index contributed by atoms with van der Waals surface area (Å²) in [7, 11) is 0. The Labute approximate surface area is 151 Å². The monoisotopic (exact) mass is 389 g/mol. The molecule has 2 aromatic rings. The zero-order valence-electron chi connectivity index (χ0n) is 12.3. The molecule has 0 spiro atoms. The Bertz CT molecular complexity index is 918. The summed E-state index contributed by atoms with van der Waals surface area (Å²) in [5.41, 5.74) is 4.68. The highest BCUT2D eigenvalue weighted by molar-refractivity contribution is 7.71. The first-order chi connectivity index (χ1) is 11.3. The summed E-state index contributed by atoms with van der Waals surface area (Å²) < 4.78 is 7.48. The molecule has 1 saturated heterocycles.